The van der Waals surface area contributed by atoms with E-state index in [-0.39, 0.29) is 5.76 Å². The number of oxazole rings is 1. The highest BCUT2D eigenvalue weighted by Crippen LogP contribution is 2.07. The molecule has 0 saturated carbocycles. The van der Waals surface area contributed by atoms with Gasteiger partial charge in [0.15, 0.2) is 11.2 Å². The van der Waals surface area contributed by atoms with Crippen LogP contribution in [0.4, 0.5) is 0 Å². The minimum absolute atomic E-state index is 0.348. The van der Waals surface area contributed by atoms with Gasteiger partial charge in [-0.2, -0.15) is 0 Å². The summed E-state index contributed by atoms with van der Waals surface area (Å²) in [7, 11) is 0. The average Bonchev–Trinajstić information content (AvgIpc) is 2.55. The van der Waals surface area contributed by atoms with E-state index < -0.39 is 0 Å². The van der Waals surface area contributed by atoms with Crippen molar-refractivity contribution in [2.75, 3.05) is 6.54 Å². The smallest absolute Gasteiger partial charge is 0.406 e. The summed E-state index contributed by atoms with van der Waals surface area (Å²) in [6.07, 6.45) is 1.66. The van der Waals surface area contributed by atoms with E-state index in [1.807, 2.05) is 0 Å². The van der Waals surface area contributed by atoms with E-state index in [4.69, 9.17) is 4.42 Å². The predicted molar refractivity (Wildman–Crippen MR) is 61.4 cm³/mol. The lowest BCUT2D eigenvalue weighted by molar-refractivity contribution is 0.481. The van der Waals surface area contributed by atoms with Gasteiger partial charge in [-0.1, -0.05) is 13.8 Å². The second kappa shape index (κ2) is 4.49. The maximum Gasteiger partial charge on any atom is 0.421 e. The molecule has 16 heavy (non-hydrogen) atoms. The van der Waals surface area contributed by atoms with Crippen LogP contribution in [-0.2, 0) is 6.54 Å². The van der Waals surface area contributed by atoms with Crippen LogP contribution >= 0.6 is 0 Å². The highest BCUT2D eigenvalue weighted by molar-refractivity contribution is 5.67. The summed E-state index contributed by atoms with van der Waals surface area (Å²) in [6.45, 7) is 5.42. The van der Waals surface area contributed by atoms with Gasteiger partial charge < -0.3 is 9.73 Å². The Balaban J connectivity index is 2.23. The van der Waals surface area contributed by atoms with Gasteiger partial charge in [-0.3, -0.25) is 4.57 Å². The van der Waals surface area contributed by atoms with E-state index in [0.717, 1.165) is 6.54 Å². The molecule has 0 aliphatic carbocycles. The Hall–Kier alpha value is -1.62. The number of aromatic nitrogens is 2. The normalized spacial score (nSPS) is 11.4. The molecule has 0 aliphatic heterocycles. The summed E-state index contributed by atoms with van der Waals surface area (Å²) < 4.78 is 6.62. The van der Waals surface area contributed by atoms with Crippen LogP contribution in [0, 0.1) is 0 Å². The molecule has 0 atom stereocenters. The minimum atomic E-state index is -0.348. The number of hydrogen-bond acceptors (Lipinski definition) is 4. The van der Waals surface area contributed by atoms with Gasteiger partial charge >= 0.3 is 5.76 Å². The van der Waals surface area contributed by atoms with Crippen molar-refractivity contribution in [1.82, 2.24) is 14.9 Å². The lowest BCUT2D eigenvalue weighted by Gasteiger charge is -2.07. The molecule has 0 radical (unpaired) electrons. The fourth-order valence-corrected chi connectivity index (χ4v) is 1.56. The van der Waals surface area contributed by atoms with E-state index in [9.17, 15) is 4.79 Å². The van der Waals surface area contributed by atoms with E-state index in [2.05, 4.69) is 24.1 Å². The lowest BCUT2D eigenvalue weighted by Crippen LogP contribution is -2.29. The molecule has 86 valence electrons. The van der Waals surface area contributed by atoms with Gasteiger partial charge in [-0.25, -0.2) is 9.78 Å². The number of nitrogens with one attached hydrogen (secondary N) is 1. The van der Waals surface area contributed by atoms with Crippen molar-refractivity contribution >= 4 is 11.2 Å². The maximum atomic E-state index is 11.5. The second-order valence-electron chi connectivity index (χ2n) is 3.95. The summed E-state index contributed by atoms with van der Waals surface area (Å²) >= 11 is 0. The second-order valence-corrected chi connectivity index (χ2v) is 3.95. The number of pyridine rings is 1. The molecule has 0 fully saturated rings. The summed E-state index contributed by atoms with van der Waals surface area (Å²) in [5.41, 5.74) is 1.15. The zero-order valence-corrected chi connectivity index (χ0v) is 9.43. The summed E-state index contributed by atoms with van der Waals surface area (Å²) in [5.74, 6) is -0.348. The third-order valence-electron chi connectivity index (χ3n) is 2.31. The van der Waals surface area contributed by atoms with E-state index in [1.54, 1.807) is 22.9 Å². The molecule has 0 unspecified atom stereocenters. The summed E-state index contributed by atoms with van der Waals surface area (Å²) in [5, 5.41) is 3.25. The van der Waals surface area contributed by atoms with Crippen molar-refractivity contribution in [3.05, 3.63) is 28.9 Å². The van der Waals surface area contributed by atoms with E-state index in [0.29, 0.717) is 23.8 Å². The quantitative estimate of drug-likeness (QED) is 0.836. The van der Waals surface area contributed by atoms with Crippen LogP contribution in [0.5, 0.6) is 0 Å². The lowest BCUT2D eigenvalue weighted by atomic mass is 10.4. The molecule has 2 aromatic rings. The van der Waals surface area contributed by atoms with Gasteiger partial charge in [0.2, 0.25) is 0 Å². The van der Waals surface area contributed by atoms with E-state index in [1.165, 1.54) is 0 Å². The number of nitrogens with zero attached hydrogens (tertiary/aromatic N) is 2. The predicted octanol–water partition coefficient (Wildman–Crippen LogP) is 0.988. The van der Waals surface area contributed by atoms with Crippen molar-refractivity contribution in [2.24, 2.45) is 0 Å². The molecule has 2 heterocycles. The molecule has 2 rings (SSSR count). The molecule has 1 N–H and O–H groups in total. The first-order chi connectivity index (χ1) is 7.68. The molecule has 5 nitrogen and oxygen atoms in total. The molecule has 0 aromatic carbocycles. The summed E-state index contributed by atoms with van der Waals surface area (Å²) in [4.78, 5) is 15.7. The maximum absolute atomic E-state index is 11.5. The third-order valence-corrected chi connectivity index (χ3v) is 2.31. The minimum Gasteiger partial charge on any atom is -0.406 e. The molecule has 2 aromatic heterocycles. The first-order valence-corrected chi connectivity index (χ1v) is 5.36. The van der Waals surface area contributed by atoms with E-state index >= 15 is 0 Å². The third kappa shape index (κ3) is 2.14. The average molecular weight is 221 g/mol. The first kappa shape index (κ1) is 10.9. The van der Waals surface area contributed by atoms with Gasteiger partial charge in [0, 0.05) is 25.3 Å². The largest absolute Gasteiger partial charge is 0.421 e. The van der Waals surface area contributed by atoms with Gasteiger partial charge in [0.05, 0.1) is 0 Å². The SMILES string of the molecule is CC(C)NCCn1c(=O)oc2cccnc21. The molecule has 0 aliphatic rings. The van der Waals surface area contributed by atoms with Crippen LogP contribution < -0.4 is 11.1 Å². The molecular formula is C11H15N3O2. The highest BCUT2D eigenvalue weighted by Gasteiger charge is 2.08. The van der Waals surface area contributed by atoms with Gasteiger partial charge in [-0.15, -0.1) is 0 Å². The molecule has 0 bridgehead atoms. The Kier molecular flexibility index (Phi) is 3.05. The molecule has 5 heteroatoms. The highest BCUT2D eigenvalue weighted by atomic mass is 16.4. The van der Waals surface area contributed by atoms with Crippen LogP contribution in [0.3, 0.4) is 0 Å². The van der Waals surface area contributed by atoms with Crippen LogP contribution in [0.15, 0.2) is 27.5 Å². The Morgan fingerprint density at radius 2 is 2.38 bits per heavy atom. The van der Waals surface area contributed by atoms with Crippen LogP contribution in [0.2, 0.25) is 0 Å². The topological polar surface area (TPSA) is 60.1 Å². The fraction of sp³-hybridized carbons (Fsp3) is 0.455. The fourth-order valence-electron chi connectivity index (χ4n) is 1.56. The Labute approximate surface area is 93.1 Å². The van der Waals surface area contributed by atoms with Crippen LogP contribution in [-0.4, -0.2) is 22.1 Å². The van der Waals surface area contributed by atoms with Gasteiger partial charge in [-0.05, 0) is 12.1 Å². The molecule has 0 saturated heterocycles. The molecule has 0 spiro atoms. The van der Waals surface area contributed by atoms with Crippen molar-refractivity contribution in [3.63, 3.8) is 0 Å². The monoisotopic (exact) mass is 221 g/mol. The molecule has 0 amide bonds. The number of fused-ring (bicyclic) bond motifs is 1. The Bertz CT molecular complexity index is 527. The van der Waals surface area contributed by atoms with Gasteiger partial charge in [0.1, 0.15) is 0 Å². The summed E-state index contributed by atoms with van der Waals surface area (Å²) in [6, 6.07) is 3.90. The molecular weight excluding hydrogens is 206 g/mol. The van der Waals surface area contributed by atoms with Gasteiger partial charge in [0.25, 0.3) is 0 Å². The number of rotatable bonds is 4. The van der Waals surface area contributed by atoms with Crippen molar-refractivity contribution in [2.45, 2.75) is 26.4 Å². The zero-order valence-electron chi connectivity index (χ0n) is 9.43. The van der Waals surface area contributed by atoms with Crippen LogP contribution in [0.25, 0.3) is 11.2 Å². The standard InChI is InChI=1S/C11H15N3O2/c1-8(2)12-6-7-14-10-9(16-11(14)15)4-3-5-13-10/h3-5,8,12H,6-7H2,1-2H3. The Morgan fingerprint density at radius 3 is 3.12 bits per heavy atom. The van der Waals surface area contributed by atoms with Crippen molar-refractivity contribution in [3.8, 4) is 0 Å². The number of hydrogen-bond donors (Lipinski definition) is 1. The van der Waals surface area contributed by atoms with Crippen molar-refractivity contribution < 1.29 is 4.42 Å². The first-order valence-electron chi connectivity index (χ1n) is 5.36. The Morgan fingerprint density at radius 1 is 1.56 bits per heavy atom. The van der Waals surface area contributed by atoms with Crippen molar-refractivity contribution in [1.29, 1.82) is 0 Å². The van der Waals surface area contributed by atoms with Crippen LogP contribution in [0.1, 0.15) is 13.8 Å². The zero-order chi connectivity index (χ0) is 11.5.